The van der Waals surface area contributed by atoms with Crippen LogP contribution in [-0.2, 0) is 14.6 Å². The molecule has 5 nitrogen and oxygen atoms in total. The maximum Gasteiger partial charge on any atom is 0.397 e. The van der Waals surface area contributed by atoms with Gasteiger partial charge in [-0.1, -0.05) is 90.4 Å². The Hall–Kier alpha value is -0.170. The normalized spacial score (nSPS) is 11.4. The lowest BCUT2D eigenvalue weighted by atomic mass is 10.0. The van der Waals surface area contributed by atoms with Gasteiger partial charge in [-0.05, 0) is 6.42 Å². The lowest BCUT2D eigenvalue weighted by Gasteiger charge is -2.03. The molecular weight excluding hydrogens is 304 g/mol. The highest BCUT2D eigenvalue weighted by Crippen LogP contribution is 2.12. The van der Waals surface area contributed by atoms with Crippen LogP contribution in [0.4, 0.5) is 0 Å². The molecule has 0 aliphatic rings. The van der Waals surface area contributed by atoms with E-state index in [0.29, 0.717) is 6.42 Å². The van der Waals surface area contributed by atoms with E-state index in [9.17, 15) is 8.42 Å². The first-order valence-electron chi connectivity index (χ1n) is 8.68. The summed E-state index contributed by atoms with van der Waals surface area (Å²) in [7, 11) is -4.24. The van der Waals surface area contributed by atoms with Gasteiger partial charge in [-0.3, -0.25) is 4.55 Å². The molecule has 0 aliphatic heterocycles. The van der Waals surface area contributed by atoms with Crippen LogP contribution in [0.1, 0.15) is 96.8 Å². The van der Waals surface area contributed by atoms with Crippen LogP contribution in [0.5, 0.6) is 0 Å². The molecule has 0 aliphatic carbocycles. The van der Waals surface area contributed by atoms with E-state index in [4.69, 9.17) is 4.55 Å². The van der Waals surface area contributed by atoms with Crippen molar-refractivity contribution in [3.05, 3.63) is 0 Å². The molecule has 0 radical (unpaired) electrons. The number of hydrogen-bond acceptors (Lipinski definition) is 3. The largest absolute Gasteiger partial charge is 0.412 e. The summed E-state index contributed by atoms with van der Waals surface area (Å²) in [5, 5.41) is 0. The van der Waals surface area contributed by atoms with Crippen LogP contribution in [0.15, 0.2) is 0 Å². The molecule has 6 heteroatoms. The lowest BCUT2D eigenvalue weighted by Crippen LogP contribution is -2.04. The second-order valence-electron chi connectivity index (χ2n) is 5.85. The highest BCUT2D eigenvalue weighted by atomic mass is 32.3. The van der Waals surface area contributed by atoms with Gasteiger partial charge in [0.1, 0.15) is 0 Å². The van der Waals surface area contributed by atoms with Gasteiger partial charge in [-0.15, -0.1) is 0 Å². The summed E-state index contributed by atoms with van der Waals surface area (Å²) in [5.74, 6) is 0. The summed E-state index contributed by atoms with van der Waals surface area (Å²) < 4.78 is 33.2. The third-order valence-corrected chi connectivity index (χ3v) is 4.19. The van der Waals surface area contributed by atoms with E-state index in [1.807, 2.05) is 0 Å². The molecule has 0 spiro atoms. The summed E-state index contributed by atoms with van der Waals surface area (Å²) >= 11 is 0. The van der Waals surface area contributed by atoms with Gasteiger partial charge in [0.2, 0.25) is 0 Å². The fourth-order valence-electron chi connectivity index (χ4n) is 2.46. The van der Waals surface area contributed by atoms with Gasteiger partial charge >= 0.3 is 10.4 Å². The molecule has 0 aromatic rings. The standard InChI is InChI=1S/C16H34O4S.H2O/c1-2-3-4-5-6-7-8-9-10-11-12-13-14-15-16-20-21(17,18)19;/h2-16H2,1H3,(H,17,18,19);1H2. The Bertz CT molecular complexity index is 304. The minimum absolute atomic E-state index is 0. The van der Waals surface area contributed by atoms with Crippen molar-refractivity contribution < 1.29 is 22.6 Å². The second kappa shape index (κ2) is 17.2. The van der Waals surface area contributed by atoms with E-state index >= 15 is 0 Å². The van der Waals surface area contributed by atoms with Crippen LogP contribution >= 0.6 is 0 Å². The van der Waals surface area contributed by atoms with Crippen molar-refractivity contribution in [3.63, 3.8) is 0 Å². The SMILES string of the molecule is CCCCCCCCCCCCCCCCOS(=O)(=O)O.O. The third-order valence-electron chi connectivity index (χ3n) is 3.73. The summed E-state index contributed by atoms with van der Waals surface area (Å²) in [6.45, 7) is 2.35. The molecule has 0 heterocycles. The predicted octanol–water partition coefficient (Wildman–Crippen LogP) is 4.46. The van der Waals surface area contributed by atoms with E-state index < -0.39 is 10.4 Å². The average molecular weight is 341 g/mol. The molecule has 0 rings (SSSR count). The first-order chi connectivity index (χ1) is 10.1. The molecule has 0 saturated heterocycles. The highest BCUT2D eigenvalue weighted by molar-refractivity contribution is 7.80. The van der Waals surface area contributed by atoms with Crippen molar-refractivity contribution in [2.45, 2.75) is 96.8 Å². The van der Waals surface area contributed by atoms with Gasteiger partial charge in [-0.25, -0.2) is 4.18 Å². The Morgan fingerprint density at radius 3 is 1.32 bits per heavy atom. The fraction of sp³-hybridized carbons (Fsp3) is 1.00. The van der Waals surface area contributed by atoms with Gasteiger partial charge in [-0.2, -0.15) is 8.42 Å². The number of rotatable bonds is 16. The lowest BCUT2D eigenvalue weighted by molar-refractivity contribution is 0.261. The quantitative estimate of drug-likeness (QED) is 0.331. The van der Waals surface area contributed by atoms with Gasteiger partial charge in [0, 0.05) is 0 Å². The van der Waals surface area contributed by atoms with Gasteiger partial charge in [0.05, 0.1) is 6.61 Å². The fourth-order valence-corrected chi connectivity index (χ4v) is 2.79. The van der Waals surface area contributed by atoms with Crippen LogP contribution in [0.2, 0.25) is 0 Å². The first-order valence-corrected chi connectivity index (χ1v) is 10.0. The zero-order valence-electron chi connectivity index (χ0n) is 14.2. The number of hydrogen-bond donors (Lipinski definition) is 1. The Kier molecular flexibility index (Phi) is 18.8. The van der Waals surface area contributed by atoms with Crippen molar-refractivity contribution in [3.8, 4) is 0 Å². The summed E-state index contributed by atoms with van der Waals surface area (Å²) in [5.41, 5.74) is 0. The van der Waals surface area contributed by atoms with Crippen molar-refractivity contribution in [1.29, 1.82) is 0 Å². The Balaban J connectivity index is 0. The Morgan fingerprint density at radius 1 is 0.682 bits per heavy atom. The van der Waals surface area contributed by atoms with Crippen molar-refractivity contribution >= 4 is 10.4 Å². The average Bonchev–Trinajstić information content (AvgIpc) is 2.42. The molecule has 3 N–H and O–H groups in total. The molecule has 0 bridgehead atoms. The second-order valence-corrected chi connectivity index (χ2v) is 6.94. The van der Waals surface area contributed by atoms with Crippen molar-refractivity contribution in [2.75, 3.05) is 6.61 Å². The molecular formula is C16H36O5S. The highest BCUT2D eigenvalue weighted by Gasteiger charge is 2.02. The monoisotopic (exact) mass is 340 g/mol. The minimum atomic E-state index is -4.24. The van der Waals surface area contributed by atoms with Crippen LogP contribution in [0, 0.1) is 0 Å². The third kappa shape index (κ3) is 22.1. The van der Waals surface area contributed by atoms with Gasteiger partial charge in [0.25, 0.3) is 0 Å². The zero-order chi connectivity index (χ0) is 15.8. The molecule has 0 fully saturated rings. The zero-order valence-corrected chi connectivity index (χ0v) is 15.0. The van der Waals surface area contributed by atoms with Crippen molar-refractivity contribution in [1.82, 2.24) is 0 Å². The molecule has 0 atom stereocenters. The smallest absolute Gasteiger partial charge is 0.397 e. The van der Waals surface area contributed by atoms with E-state index in [1.165, 1.54) is 70.6 Å². The Labute approximate surface area is 137 Å². The van der Waals surface area contributed by atoms with Crippen LogP contribution in [-0.4, -0.2) is 25.1 Å². The molecule has 0 saturated carbocycles. The molecule has 0 unspecified atom stereocenters. The van der Waals surface area contributed by atoms with E-state index in [-0.39, 0.29) is 12.1 Å². The van der Waals surface area contributed by atoms with Crippen LogP contribution < -0.4 is 0 Å². The van der Waals surface area contributed by atoms with E-state index in [0.717, 1.165) is 12.8 Å². The maximum atomic E-state index is 10.3. The summed E-state index contributed by atoms with van der Waals surface area (Å²) in [6.07, 6.45) is 17.6. The van der Waals surface area contributed by atoms with Crippen LogP contribution in [0.3, 0.4) is 0 Å². The molecule has 0 amide bonds. The van der Waals surface area contributed by atoms with Crippen molar-refractivity contribution in [2.24, 2.45) is 0 Å². The molecule has 136 valence electrons. The minimum Gasteiger partial charge on any atom is -0.412 e. The van der Waals surface area contributed by atoms with E-state index in [1.54, 1.807) is 0 Å². The van der Waals surface area contributed by atoms with E-state index in [2.05, 4.69) is 11.1 Å². The van der Waals surface area contributed by atoms with Gasteiger partial charge < -0.3 is 5.48 Å². The molecule has 22 heavy (non-hydrogen) atoms. The topological polar surface area (TPSA) is 95.1 Å². The first kappa shape index (κ1) is 24.1. The number of unbranched alkanes of at least 4 members (excludes halogenated alkanes) is 13. The van der Waals surface area contributed by atoms with Gasteiger partial charge in [0.15, 0.2) is 0 Å². The predicted molar refractivity (Wildman–Crippen MR) is 91.4 cm³/mol. The summed E-state index contributed by atoms with van der Waals surface area (Å²) in [6, 6.07) is 0. The maximum absolute atomic E-state index is 10.3. The Morgan fingerprint density at radius 2 is 1.00 bits per heavy atom. The molecule has 0 aromatic carbocycles. The molecule has 0 aromatic heterocycles. The van der Waals surface area contributed by atoms with Crippen LogP contribution in [0.25, 0.3) is 0 Å². The summed E-state index contributed by atoms with van der Waals surface area (Å²) in [4.78, 5) is 0.